The number of likely N-dealkylation sites (tertiary alicyclic amines) is 1. The average molecular weight is 378 g/mol. The number of fused-ring (bicyclic) bond motifs is 1. The zero-order chi connectivity index (χ0) is 18.7. The van der Waals surface area contributed by atoms with E-state index < -0.39 is 0 Å². The quantitative estimate of drug-likeness (QED) is 0.849. The van der Waals surface area contributed by atoms with Crippen molar-refractivity contribution in [1.29, 1.82) is 0 Å². The van der Waals surface area contributed by atoms with Crippen molar-refractivity contribution in [2.75, 3.05) is 13.1 Å². The number of phenolic OH excluding ortho intramolecular Hbond substituents is 1. The number of nitrogens with zero attached hydrogens (tertiary/aromatic N) is 2. The van der Waals surface area contributed by atoms with Crippen LogP contribution in [0.2, 0.25) is 5.02 Å². The summed E-state index contributed by atoms with van der Waals surface area (Å²) in [5, 5.41) is 14.8. The van der Waals surface area contributed by atoms with Crippen LogP contribution in [-0.2, 0) is 11.3 Å². The van der Waals surface area contributed by atoms with E-state index in [4.69, 9.17) is 16.3 Å². The Labute approximate surface area is 158 Å². The predicted octanol–water partition coefficient (Wildman–Crippen LogP) is 3.69. The number of phenols is 1. The van der Waals surface area contributed by atoms with Crippen molar-refractivity contribution in [1.82, 2.24) is 15.2 Å². The molecule has 2 aromatic rings. The largest absolute Gasteiger partial charge is 0.505 e. The number of carbonyl (C=O) groups is 1. The number of aromatic nitrogens is 1. The lowest BCUT2D eigenvalue weighted by Gasteiger charge is -2.32. The first-order valence-electron chi connectivity index (χ1n) is 8.88. The molecule has 3 rings (SSSR count). The van der Waals surface area contributed by atoms with Crippen molar-refractivity contribution >= 4 is 28.6 Å². The van der Waals surface area contributed by atoms with Gasteiger partial charge in [-0.05, 0) is 44.9 Å². The molecule has 1 aliphatic rings. The number of aromatic hydroxyl groups is 1. The first kappa shape index (κ1) is 18.7. The van der Waals surface area contributed by atoms with Crippen molar-refractivity contribution in [3.05, 3.63) is 35.0 Å². The van der Waals surface area contributed by atoms with Gasteiger partial charge in [-0.2, -0.15) is 0 Å². The first-order chi connectivity index (χ1) is 12.4. The second-order valence-corrected chi connectivity index (χ2v) is 7.32. The molecule has 0 spiro atoms. The van der Waals surface area contributed by atoms with Gasteiger partial charge in [0.25, 0.3) is 0 Å². The number of hydrogen-bond acceptors (Lipinski definition) is 5. The molecule has 140 valence electrons. The van der Waals surface area contributed by atoms with Gasteiger partial charge in [0.05, 0.1) is 11.1 Å². The van der Waals surface area contributed by atoms with Crippen molar-refractivity contribution in [3.63, 3.8) is 0 Å². The topological polar surface area (TPSA) is 74.7 Å². The van der Waals surface area contributed by atoms with E-state index in [0.29, 0.717) is 17.1 Å². The maximum atomic E-state index is 11.7. The summed E-state index contributed by atoms with van der Waals surface area (Å²) in [4.78, 5) is 18.2. The van der Waals surface area contributed by atoms with E-state index in [2.05, 4.69) is 15.2 Å². The Bertz CT molecular complexity index is 789. The van der Waals surface area contributed by atoms with Gasteiger partial charge in [-0.25, -0.2) is 4.79 Å². The third-order valence-corrected chi connectivity index (χ3v) is 4.85. The molecular weight excluding hydrogens is 354 g/mol. The number of piperidine rings is 1. The van der Waals surface area contributed by atoms with Crippen LogP contribution < -0.4 is 5.32 Å². The molecule has 0 bridgehead atoms. The minimum Gasteiger partial charge on any atom is -0.505 e. The van der Waals surface area contributed by atoms with E-state index in [9.17, 15) is 9.90 Å². The fourth-order valence-electron chi connectivity index (χ4n) is 3.25. The van der Waals surface area contributed by atoms with Crippen LogP contribution in [0, 0.1) is 0 Å². The van der Waals surface area contributed by atoms with Crippen LogP contribution >= 0.6 is 11.6 Å². The summed E-state index contributed by atoms with van der Waals surface area (Å²) >= 11 is 6.34. The number of benzene rings is 1. The lowest BCUT2D eigenvalue weighted by molar-refractivity contribution is 0.105. The van der Waals surface area contributed by atoms with E-state index >= 15 is 0 Å². The van der Waals surface area contributed by atoms with Gasteiger partial charge in [0, 0.05) is 42.8 Å². The Morgan fingerprint density at radius 1 is 1.46 bits per heavy atom. The zero-order valence-electron chi connectivity index (χ0n) is 15.0. The Balaban J connectivity index is 1.61. The normalized spacial score (nSPS) is 16.2. The molecule has 1 aliphatic heterocycles. The predicted molar refractivity (Wildman–Crippen MR) is 101 cm³/mol. The standard InChI is InChI=1S/C19H24ClN3O3/c1-12(2)26-19(25)22-14-5-8-23(9-6-14)11-13-10-16(20)15-4-3-7-21-17(15)18(13)24/h3-4,7,10,12,14,24H,5-6,8-9,11H2,1-2H3,(H,22,25). The average Bonchev–Trinajstić information content (AvgIpc) is 2.60. The number of amides is 1. The molecule has 1 fully saturated rings. The molecule has 1 saturated heterocycles. The molecule has 0 unspecified atom stereocenters. The maximum Gasteiger partial charge on any atom is 0.407 e. The lowest BCUT2D eigenvalue weighted by Crippen LogP contribution is -2.44. The maximum absolute atomic E-state index is 11.7. The van der Waals surface area contributed by atoms with Gasteiger partial charge in [0.2, 0.25) is 0 Å². The number of carbonyl (C=O) groups excluding carboxylic acids is 1. The highest BCUT2D eigenvalue weighted by Gasteiger charge is 2.23. The molecule has 2 heterocycles. The molecule has 0 aliphatic carbocycles. The molecule has 6 nitrogen and oxygen atoms in total. The van der Waals surface area contributed by atoms with Gasteiger partial charge >= 0.3 is 6.09 Å². The van der Waals surface area contributed by atoms with Crippen LogP contribution in [0.15, 0.2) is 24.4 Å². The molecule has 0 radical (unpaired) electrons. The van der Waals surface area contributed by atoms with Gasteiger partial charge in [-0.3, -0.25) is 9.88 Å². The summed E-state index contributed by atoms with van der Waals surface area (Å²) in [5.41, 5.74) is 1.30. The van der Waals surface area contributed by atoms with Crippen molar-refractivity contribution < 1.29 is 14.6 Å². The van der Waals surface area contributed by atoms with Gasteiger partial charge < -0.3 is 15.2 Å². The highest BCUT2D eigenvalue weighted by Crippen LogP contribution is 2.33. The first-order valence-corrected chi connectivity index (χ1v) is 9.26. The Morgan fingerprint density at radius 2 is 2.19 bits per heavy atom. The molecule has 1 amide bonds. The third kappa shape index (κ3) is 4.37. The van der Waals surface area contributed by atoms with Crippen LogP contribution in [0.1, 0.15) is 32.3 Å². The second kappa shape index (κ2) is 8.10. The molecule has 2 N–H and O–H groups in total. The number of nitrogens with one attached hydrogen (secondary N) is 1. The number of hydrogen-bond donors (Lipinski definition) is 2. The molecule has 1 aromatic heterocycles. The van der Waals surface area contributed by atoms with Crippen molar-refractivity contribution in [2.24, 2.45) is 0 Å². The smallest absolute Gasteiger partial charge is 0.407 e. The summed E-state index contributed by atoms with van der Waals surface area (Å²) in [6, 6.07) is 5.58. The summed E-state index contributed by atoms with van der Waals surface area (Å²) < 4.78 is 5.13. The fraction of sp³-hybridized carbons (Fsp3) is 0.474. The number of pyridine rings is 1. The van der Waals surface area contributed by atoms with E-state index in [-0.39, 0.29) is 24.0 Å². The number of ether oxygens (including phenoxy) is 1. The van der Waals surface area contributed by atoms with Crippen LogP contribution in [0.5, 0.6) is 5.75 Å². The minimum absolute atomic E-state index is 0.118. The Morgan fingerprint density at radius 3 is 2.88 bits per heavy atom. The summed E-state index contributed by atoms with van der Waals surface area (Å²) in [5.74, 6) is 0.186. The molecule has 26 heavy (non-hydrogen) atoms. The second-order valence-electron chi connectivity index (χ2n) is 6.91. The van der Waals surface area contributed by atoms with E-state index in [1.165, 1.54) is 0 Å². The zero-order valence-corrected chi connectivity index (χ0v) is 15.8. The van der Waals surface area contributed by atoms with E-state index in [0.717, 1.165) is 36.9 Å². The number of rotatable bonds is 4. The van der Waals surface area contributed by atoms with Crippen LogP contribution in [-0.4, -0.2) is 46.3 Å². The number of alkyl carbamates (subject to hydrolysis) is 1. The van der Waals surface area contributed by atoms with E-state index in [1.807, 2.05) is 26.0 Å². The van der Waals surface area contributed by atoms with Crippen molar-refractivity contribution in [2.45, 2.75) is 45.4 Å². The fourth-order valence-corrected chi connectivity index (χ4v) is 3.53. The van der Waals surface area contributed by atoms with Crippen LogP contribution in [0.3, 0.4) is 0 Å². The molecule has 1 aromatic carbocycles. The summed E-state index contributed by atoms with van der Waals surface area (Å²) in [7, 11) is 0. The van der Waals surface area contributed by atoms with E-state index in [1.54, 1.807) is 12.3 Å². The highest BCUT2D eigenvalue weighted by atomic mass is 35.5. The third-order valence-electron chi connectivity index (χ3n) is 4.54. The SMILES string of the molecule is CC(C)OC(=O)NC1CCN(Cc2cc(Cl)c3cccnc3c2O)CC1. The Kier molecular flexibility index (Phi) is 5.84. The Hall–Kier alpha value is -2.05. The highest BCUT2D eigenvalue weighted by molar-refractivity contribution is 6.35. The van der Waals surface area contributed by atoms with Crippen LogP contribution in [0.4, 0.5) is 4.79 Å². The molecule has 0 atom stereocenters. The van der Waals surface area contributed by atoms with Crippen LogP contribution in [0.25, 0.3) is 10.9 Å². The lowest BCUT2D eigenvalue weighted by atomic mass is 10.0. The minimum atomic E-state index is -0.358. The molecule has 0 saturated carbocycles. The monoisotopic (exact) mass is 377 g/mol. The molecular formula is C19H24ClN3O3. The summed E-state index contributed by atoms with van der Waals surface area (Å²) in [6.45, 7) is 5.91. The van der Waals surface area contributed by atoms with Gasteiger partial charge in [-0.1, -0.05) is 11.6 Å². The summed E-state index contributed by atoms with van der Waals surface area (Å²) in [6.07, 6.45) is 2.85. The van der Waals surface area contributed by atoms with Gasteiger partial charge in [0.15, 0.2) is 0 Å². The van der Waals surface area contributed by atoms with Crippen molar-refractivity contribution in [3.8, 4) is 5.75 Å². The van der Waals surface area contributed by atoms with Gasteiger partial charge in [-0.15, -0.1) is 0 Å². The van der Waals surface area contributed by atoms with Gasteiger partial charge in [0.1, 0.15) is 11.3 Å². The number of halogens is 1. The molecule has 7 heteroatoms.